The molecule has 1 saturated heterocycles. The SMILES string of the molecule is O=C([O-])NCc1cc2cc(-c3ccc(CN4CCC(F)(F)CC4)cn3)cc(C(F)(F)F)c2o1. The van der Waals surface area contributed by atoms with E-state index in [2.05, 4.69) is 4.98 Å². The van der Waals surface area contributed by atoms with Crippen molar-refractivity contribution in [2.24, 2.45) is 0 Å². The molecular weight excluding hydrogens is 449 g/mol. The molecule has 1 aliphatic rings. The lowest BCUT2D eigenvalue weighted by atomic mass is 10.0. The highest BCUT2D eigenvalue weighted by Crippen LogP contribution is 2.39. The highest BCUT2D eigenvalue weighted by Gasteiger charge is 2.35. The number of nitrogens with zero attached hydrogens (tertiary/aromatic N) is 2. The lowest BCUT2D eigenvalue weighted by molar-refractivity contribution is -0.251. The quantitative estimate of drug-likeness (QED) is 0.569. The van der Waals surface area contributed by atoms with Crippen LogP contribution in [0.3, 0.4) is 0 Å². The maximum atomic E-state index is 13.7. The molecule has 176 valence electrons. The number of hydrogen-bond acceptors (Lipinski definition) is 5. The second kappa shape index (κ2) is 8.62. The van der Waals surface area contributed by atoms with Crippen LogP contribution in [0.5, 0.6) is 0 Å². The standard InChI is InChI=1S/C22H20F5N3O3/c23-21(24)3-5-30(6-4-21)12-13-1-2-18(28-10-13)14-7-15-8-16(11-29-20(31)32)33-19(15)17(9-14)22(25,26)27/h1-2,7-10,29H,3-6,11-12H2,(H,31,32)/p-1. The molecule has 0 radical (unpaired) electrons. The number of carbonyl (C=O) groups excluding carboxylic acids is 1. The summed E-state index contributed by atoms with van der Waals surface area (Å²) in [5, 5.41) is 12.6. The number of fused-ring (bicyclic) bond motifs is 1. The Hall–Kier alpha value is -3.21. The predicted molar refractivity (Wildman–Crippen MR) is 106 cm³/mol. The van der Waals surface area contributed by atoms with Crippen LogP contribution in [0.4, 0.5) is 26.7 Å². The van der Waals surface area contributed by atoms with Crippen LogP contribution in [0.2, 0.25) is 0 Å². The average Bonchev–Trinajstić information content (AvgIpc) is 3.16. The molecule has 1 fully saturated rings. The summed E-state index contributed by atoms with van der Waals surface area (Å²) in [5.74, 6) is -2.63. The molecular formula is C22H19F5N3O3-. The fraction of sp³-hybridized carbons (Fsp3) is 0.364. The monoisotopic (exact) mass is 468 g/mol. The first kappa shape index (κ1) is 23.0. The summed E-state index contributed by atoms with van der Waals surface area (Å²) in [6.07, 6.45) is -5.17. The molecule has 2 aromatic heterocycles. The van der Waals surface area contributed by atoms with Crippen LogP contribution >= 0.6 is 0 Å². The third-order valence-corrected chi connectivity index (χ3v) is 5.49. The number of halogens is 5. The summed E-state index contributed by atoms with van der Waals surface area (Å²) in [6, 6.07) is 7.01. The van der Waals surface area contributed by atoms with E-state index in [0.717, 1.165) is 11.6 Å². The molecule has 0 aliphatic carbocycles. The van der Waals surface area contributed by atoms with E-state index in [1.54, 1.807) is 12.1 Å². The fourth-order valence-electron chi connectivity index (χ4n) is 3.80. The van der Waals surface area contributed by atoms with E-state index in [1.165, 1.54) is 18.3 Å². The Balaban J connectivity index is 1.58. The van der Waals surface area contributed by atoms with Crippen molar-refractivity contribution in [2.45, 2.75) is 38.0 Å². The van der Waals surface area contributed by atoms with Gasteiger partial charge in [0.2, 0.25) is 0 Å². The number of hydrogen-bond donors (Lipinski definition) is 1. The zero-order valence-corrected chi connectivity index (χ0v) is 17.2. The third-order valence-electron chi connectivity index (χ3n) is 5.49. The second-order valence-corrected chi connectivity index (χ2v) is 7.98. The number of alkyl halides is 5. The Morgan fingerprint density at radius 2 is 1.91 bits per heavy atom. The van der Waals surface area contributed by atoms with Gasteiger partial charge in [0.1, 0.15) is 17.4 Å². The van der Waals surface area contributed by atoms with Gasteiger partial charge in [-0.15, -0.1) is 0 Å². The topological polar surface area (TPSA) is 81.4 Å². The zero-order chi connectivity index (χ0) is 23.8. The number of nitrogens with one attached hydrogen (secondary N) is 1. The van der Waals surface area contributed by atoms with Crippen LogP contribution < -0.4 is 10.4 Å². The Bertz CT molecular complexity index is 1150. The number of furan rings is 1. The molecule has 33 heavy (non-hydrogen) atoms. The number of aromatic nitrogens is 1. The first-order valence-electron chi connectivity index (χ1n) is 10.1. The predicted octanol–water partition coefficient (Wildman–Crippen LogP) is 4.18. The van der Waals surface area contributed by atoms with Gasteiger partial charge in [-0.2, -0.15) is 13.2 Å². The van der Waals surface area contributed by atoms with E-state index in [-0.39, 0.29) is 49.2 Å². The summed E-state index contributed by atoms with van der Waals surface area (Å²) in [4.78, 5) is 16.7. The van der Waals surface area contributed by atoms with Crippen molar-refractivity contribution in [1.29, 1.82) is 0 Å². The van der Waals surface area contributed by atoms with Gasteiger partial charge in [0.15, 0.2) is 0 Å². The van der Waals surface area contributed by atoms with Gasteiger partial charge in [0.25, 0.3) is 5.92 Å². The molecule has 1 aliphatic heterocycles. The number of likely N-dealkylation sites (tertiary alicyclic amines) is 1. The number of rotatable bonds is 5. The Kier molecular flexibility index (Phi) is 6.00. The molecule has 0 bridgehead atoms. The van der Waals surface area contributed by atoms with Crippen LogP contribution in [-0.4, -0.2) is 35.0 Å². The maximum absolute atomic E-state index is 13.7. The molecule has 0 saturated carbocycles. The lowest BCUT2D eigenvalue weighted by Crippen LogP contribution is -2.38. The highest BCUT2D eigenvalue weighted by molar-refractivity contribution is 5.87. The van der Waals surface area contributed by atoms with Crippen LogP contribution in [0.15, 0.2) is 40.9 Å². The average molecular weight is 468 g/mol. The molecule has 1 amide bonds. The van der Waals surface area contributed by atoms with Gasteiger partial charge >= 0.3 is 6.18 Å². The lowest BCUT2D eigenvalue weighted by Gasteiger charge is -2.31. The molecule has 1 N–H and O–H groups in total. The van der Waals surface area contributed by atoms with Gasteiger partial charge in [-0.25, -0.2) is 8.78 Å². The van der Waals surface area contributed by atoms with Crippen LogP contribution in [0, 0.1) is 0 Å². The second-order valence-electron chi connectivity index (χ2n) is 7.98. The number of carboxylic acid groups (broad SMARTS) is 1. The highest BCUT2D eigenvalue weighted by atomic mass is 19.4. The Labute approximate surface area is 185 Å². The largest absolute Gasteiger partial charge is 0.530 e. The van der Waals surface area contributed by atoms with E-state index < -0.39 is 29.3 Å². The molecule has 3 aromatic rings. The third kappa shape index (κ3) is 5.41. The summed E-state index contributed by atoms with van der Waals surface area (Å²) in [7, 11) is 0. The minimum Gasteiger partial charge on any atom is -0.530 e. The molecule has 6 nitrogen and oxygen atoms in total. The van der Waals surface area contributed by atoms with Crippen molar-refractivity contribution in [3.8, 4) is 11.3 Å². The number of benzene rings is 1. The normalized spacial score (nSPS) is 16.8. The summed E-state index contributed by atoms with van der Waals surface area (Å²) in [6.45, 7) is 0.609. The number of pyridine rings is 1. The molecule has 11 heteroatoms. The number of carbonyl (C=O) groups is 1. The van der Waals surface area contributed by atoms with E-state index >= 15 is 0 Å². The summed E-state index contributed by atoms with van der Waals surface area (Å²) in [5.41, 5.74) is -0.138. The van der Waals surface area contributed by atoms with Gasteiger partial charge in [0.05, 0.1) is 17.8 Å². The number of amides is 1. The van der Waals surface area contributed by atoms with E-state index in [9.17, 15) is 31.9 Å². The van der Waals surface area contributed by atoms with Crippen molar-refractivity contribution in [2.75, 3.05) is 13.1 Å². The molecule has 4 rings (SSSR count). The first-order chi connectivity index (χ1) is 15.5. The van der Waals surface area contributed by atoms with Crippen LogP contribution in [0.1, 0.15) is 29.7 Å². The minimum atomic E-state index is -4.71. The van der Waals surface area contributed by atoms with Gasteiger partial charge in [-0.1, -0.05) is 6.07 Å². The Morgan fingerprint density at radius 3 is 2.52 bits per heavy atom. The Morgan fingerprint density at radius 1 is 1.18 bits per heavy atom. The molecule has 0 spiro atoms. The molecule has 0 atom stereocenters. The fourth-order valence-corrected chi connectivity index (χ4v) is 3.80. The van der Waals surface area contributed by atoms with Gasteiger partial charge in [0, 0.05) is 49.6 Å². The van der Waals surface area contributed by atoms with Gasteiger partial charge < -0.3 is 19.6 Å². The summed E-state index contributed by atoms with van der Waals surface area (Å²) < 4.78 is 72.8. The van der Waals surface area contributed by atoms with Crippen molar-refractivity contribution in [1.82, 2.24) is 15.2 Å². The zero-order valence-electron chi connectivity index (χ0n) is 17.2. The van der Waals surface area contributed by atoms with E-state index in [4.69, 9.17) is 4.42 Å². The van der Waals surface area contributed by atoms with Crippen molar-refractivity contribution in [3.63, 3.8) is 0 Å². The van der Waals surface area contributed by atoms with Crippen LogP contribution in [0.25, 0.3) is 22.2 Å². The maximum Gasteiger partial charge on any atom is 0.420 e. The van der Waals surface area contributed by atoms with Crippen molar-refractivity contribution in [3.05, 3.63) is 53.4 Å². The first-order valence-corrected chi connectivity index (χ1v) is 10.1. The summed E-state index contributed by atoms with van der Waals surface area (Å²) >= 11 is 0. The van der Waals surface area contributed by atoms with Crippen molar-refractivity contribution < 1.29 is 36.3 Å². The van der Waals surface area contributed by atoms with E-state index in [0.29, 0.717) is 12.2 Å². The minimum absolute atomic E-state index is 0.00673. The van der Waals surface area contributed by atoms with Gasteiger partial charge in [-0.3, -0.25) is 9.88 Å². The van der Waals surface area contributed by atoms with E-state index in [1.807, 2.05) is 10.2 Å². The van der Waals surface area contributed by atoms with Gasteiger partial charge in [-0.05, 0) is 29.8 Å². The molecule has 1 aromatic carbocycles. The van der Waals surface area contributed by atoms with Crippen molar-refractivity contribution >= 4 is 17.1 Å². The molecule has 3 heterocycles. The smallest absolute Gasteiger partial charge is 0.420 e. The van der Waals surface area contributed by atoms with Crippen LogP contribution in [-0.2, 0) is 19.3 Å². The number of piperidine rings is 1. The molecule has 0 unspecified atom stereocenters.